The molecule has 2 nitrogen and oxygen atoms in total. The molecule has 0 bridgehead atoms. The first kappa shape index (κ1) is 13.6. The third-order valence-corrected chi connectivity index (χ3v) is 4.04. The highest BCUT2D eigenvalue weighted by Gasteiger charge is 2.52. The molecule has 18 heavy (non-hydrogen) atoms. The smallest absolute Gasteiger partial charge is 0.399 e. The number of halogens is 1. The first-order chi connectivity index (χ1) is 8.14. The molecule has 0 radical (unpaired) electrons. The molecule has 1 aromatic rings. The second-order valence-corrected chi connectivity index (χ2v) is 6.05. The van der Waals surface area contributed by atoms with Gasteiger partial charge in [0.15, 0.2) is 0 Å². The minimum absolute atomic E-state index is 0.209. The summed E-state index contributed by atoms with van der Waals surface area (Å²) in [5.74, 6) is -0.209. The van der Waals surface area contributed by atoms with Gasteiger partial charge in [-0.25, -0.2) is 4.39 Å². The zero-order valence-electron chi connectivity index (χ0n) is 11.9. The fourth-order valence-corrected chi connectivity index (χ4v) is 2.06. The van der Waals surface area contributed by atoms with Crippen LogP contribution < -0.4 is 5.46 Å². The summed E-state index contributed by atoms with van der Waals surface area (Å²) in [6.07, 6.45) is 0. The predicted octanol–water partition coefficient (Wildman–Crippen LogP) is 2.74. The Bertz CT molecular complexity index is 467. The van der Waals surface area contributed by atoms with Crippen molar-refractivity contribution >= 4 is 12.6 Å². The average molecular weight is 250 g/mol. The van der Waals surface area contributed by atoms with E-state index < -0.39 is 18.3 Å². The van der Waals surface area contributed by atoms with Crippen LogP contribution >= 0.6 is 0 Å². The molecule has 4 heteroatoms. The van der Waals surface area contributed by atoms with Crippen molar-refractivity contribution in [2.24, 2.45) is 0 Å². The second kappa shape index (κ2) is 4.07. The number of aryl methyl sites for hydroxylation is 1. The third kappa shape index (κ3) is 2.08. The normalized spacial score (nSPS) is 21.4. The summed E-state index contributed by atoms with van der Waals surface area (Å²) in [5, 5.41) is 0. The van der Waals surface area contributed by atoms with E-state index in [1.165, 1.54) is 6.07 Å². The Morgan fingerprint density at radius 1 is 1.00 bits per heavy atom. The largest absolute Gasteiger partial charge is 0.495 e. The molecule has 0 aromatic heterocycles. The monoisotopic (exact) mass is 250 g/mol. The summed E-state index contributed by atoms with van der Waals surface area (Å²) in [6.45, 7) is 11.6. The highest BCUT2D eigenvalue weighted by atomic mass is 19.1. The van der Waals surface area contributed by atoms with Crippen LogP contribution in [-0.2, 0) is 9.31 Å². The molecule has 0 aliphatic carbocycles. The zero-order chi connectivity index (χ0) is 13.7. The van der Waals surface area contributed by atoms with E-state index in [4.69, 9.17) is 9.31 Å². The van der Waals surface area contributed by atoms with Crippen LogP contribution in [0.2, 0.25) is 0 Å². The quantitative estimate of drug-likeness (QED) is 0.713. The van der Waals surface area contributed by atoms with Crippen LogP contribution in [0.15, 0.2) is 12.1 Å². The molecule has 0 amide bonds. The van der Waals surface area contributed by atoms with Crippen LogP contribution in [0, 0.1) is 19.7 Å². The highest BCUT2D eigenvalue weighted by molar-refractivity contribution is 6.62. The number of hydrogen-bond acceptors (Lipinski definition) is 2. The van der Waals surface area contributed by atoms with E-state index in [-0.39, 0.29) is 5.82 Å². The predicted molar refractivity (Wildman–Crippen MR) is 71.6 cm³/mol. The van der Waals surface area contributed by atoms with Crippen molar-refractivity contribution < 1.29 is 13.7 Å². The molecule has 1 aliphatic rings. The van der Waals surface area contributed by atoms with Gasteiger partial charge in [0, 0.05) is 0 Å². The second-order valence-electron chi connectivity index (χ2n) is 6.05. The summed E-state index contributed by atoms with van der Waals surface area (Å²) in [4.78, 5) is 0. The van der Waals surface area contributed by atoms with Crippen molar-refractivity contribution in [1.29, 1.82) is 0 Å². The highest BCUT2D eigenvalue weighted by Crippen LogP contribution is 2.36. The van der Waals surface area contributed by atoms with Crippen LogP contribution in [0.5, 0.6) is 0 Å². The third-order valence-electron chi connectivity index (χ3n) is 4.04. The Hall–Kier alpha value is -0.865. The van der Waals surface area contributed by atoms with Crippen LogP contribution in [0.3, 0.4) is 0 Å². The molecule has 1 saturated heterocycles. The van der Waals surface area contributed by atoms with Crippen molar-refractivity contribution in [3.63, 3.8) is 0 Å². The van der Waals surface area contributed by atoms with Gasteiger partial charge in [0.05, 0.1) is 11.2 Å². The summed E-state index contributed by atoms with van der Waals surface area (Å²) >= 11 is 0. The van der Waals surface area contributed by atoms with Crippen molar-refractivity contribution in [3.05, 3.63) is 29.1 Å². The molecule has 1 aliphatic heterocycles. The molecule has 2 rings (SSSR count). The van der Waals surface area contributed by atoms with E-state index >= 15 is 0 Å². The lowest BCUT2D eigenvalue weighted by Gasteiger charge is -2.32. The topological polar surface area (TPSA) is 18.5 Å². The van der Waals surface area contributed by atoms with Crippen molar-refractivity contribution in [2.75, 3.05) is 0 Å². The number of hydrogen-bond donors (Lipinski definition) is 0. The van der Waals surface area contributed by atoms with Crippen molar-refractivity contribution in [3.8, 4) is 0 Å². The minimum atomic E-state index is -0.496. The van der Waals surface area contributed by atoms with Crippen LogP contribution in [0.1, 0.15) is 38.8 Å². The molecule has 1 aromatic carbocycles. The van der Waals surface area contributed by atoms with E-state index in [9.17, 15) is 4.39 Å². The molecular formula is C14H20BFO2. The lowest BCUT2D eigenvalue weighted by molar-refractivity contribution is 0.00578. The van der Waals surface area contributed by atoms with Gasteiger partial charge in [0.2, 0.25) is 0 Å². The maximum absolute atomic E-state index is 13.8. The first-order valence-corrected chi connectivity index (χ1v) is 6.26. The van der Waals surface area contributed by atoms with E-state index in [2.05, 4.69) is 0 Å². The van der Waals surface area contributed by atoms with Gasteiger partial charge in [0.25, 0.3) is 0 Å². The van der Waals surface area contributed by atoms with Crippen LogP contribution in [0.25, 0.3) is 0 Å². The fourth-order valence-electron chi connectivity index (χ4n) is 2.06. The van der Waals surface area contributed by atoms with E-state index in [0.717, 1.165) is 11.0 Å². The summed E-state index contributed by atoms with van der Waals surface area (Å²) < 4.78 is 25.7. The molecule has 0 N–H and O–H groups in total. The maximum Gasteiger partial charge on any atom is 0.495 e. The maximum atomic E-state index is 13.8. The molecule has 0 saturated carbocycles. The van der Waals surface area contributed by atoms with E-state index in [1.54, 1.807) is 6.92 Å². The Labute approximate surface area is 109 Å². The van der Waals surface area contributed by atoms with Crippen molar-refractivity contribution in [1.82, 2.24) is 0 Å². The fraction of sp³-hybridized carbons (Fsp3) is 0.571. The summed E-state index contributed by atoms with van der Waals surface area (Å²) in [7, 11) is -0.496. The Balaban J connectivity index is 2.41. The minimum Gasteiger partial charge on any atom is -0.399 e. The Morgan fingerprint density at radius 3 is 2.00 bits per heavy atom. The van der Waals surface area contributed by atoms with Gasteiger partial charge in [-0.1, -0.05) is 6.07 Å². The van der Waals surface area contributed by atoms with E-state index in [0.29, 0.717) is 5.56 Å². The van der Waals surface area contributed by atoms with Gasteiger partial charge in [-0.2, -0.15) is 0 Å². The Kier molecular flexibility index (Phi) is 3.07. The molecule has 0 unspecified atom stereocenters. The first-order valence-electron chi connectivity index (χ1n) is 6.26. The summed E-state index contributed by atoms with van der Waals surface area (Å²) in [5.41, 5.74) is 1.46. The number of rotatable bonds is 1. The van der Waals surface area contributed by atoms with Gasteiger partial charge in [0.1, 0.15) is 5.82 Å². The van der Waals surface area contributed by atoms with Gasteiger partial charge in [-0.05, 0) is 64.2 Å². The molecule has 0 spiro atoms. The number of benzene rings is 1. The molecule has 1 heterocycles. The Morgan fingerprint density at radius 2 is 1.50 bits per heavy atom. The average Bonchev–Trinajstić information content (AvgIpc) is 2.42. The molecule has 1 fully saturated rings. The van der Waals surface area contributed by atoms with E-state index in [1.807, 2.05) is 40.7 Å². The molecular weight excluding hydrogens is 230 g/mol. The molecule has 0 atom stereocenters. The van der Waals surface area contributed by atoms with Gasteiger partial charge >= 0.3 is 7.12 Å². The van der Waals surface area contributed by atoms with Gasteiger partial charge in [-0.3, -0.25) is 0 Å². The SMILES string of the molecule is Cc1cc(F)c(C)c(B2OC(C)(C)C(C)(C)O2)c1. The summed E-state index contributed by atoms with van der Waals surface area (Å²) in [6, 6.07) is 3.46. The van der Waals surface area contributed by atoms with Gasteiger partial charge < -0.3 is 9.31 Å². The standard InChI is InChI=1S/C14H20BFO2/c1-9-7-11(10(2)12(16)8-9)15-17-13(3,4)14(5,6)18-15/h7-8H,1-6H3. The van der Waals surface area contributed by atoms with Crippen LogP contribution in [-0.4, -0.2) is 18.3 Å². The lowest BCUT2D eigenvalue weighted by atomic mass is 9.75. The van der Waals surface area contributed by atoms with Gasteiger partial charge in [-0.15, -0.1) is 0 Å². The van der Waals surface area contributed by atoms with Crippen LogP contribution in [0.4, 0.5) is 4.39 Å². The zero-order valence-corrected chi connectivity index (χ0v) is 11.9. The lowest BCUT2D eigenvalue weighted by Crippen LogP contribution is -2.41. The van der Waals surface area contributed by atoms with Crippen molar-refractivity contribution in [2.45, 2.75) is 52.7 Å². The molecule has 98 valence electrons.